The van der Waals surface area contributed by atoms with Gasteiger partial charge in [0.2, 0.25) is 5.91 Å². The first-order valence-corrected chi connectivity index (χ1v) is 16.8. The van der Waals surface area contributed by atoms with Crippen LogP contribution in [0, 0.1) is 0 Å². The maximum absolute atomic E-state index is 13.7. The van der Waals surface area contributed by atoms with Crippen LogP contribution in [0.25, 0.3) is 6.08 Å². The third kappa shape index (κ3) is 9.54. The summed E-state index contributed by atoms with van der Waals surface area (Å²) in [5.41, 5.74) is 4.55. The molecule has 47 heavy (non-hydrogen) atoms. The lowest BCUT2D eigenvalue weighted by molar-refractivity contribution is -0.116. The maximum Gasteiger partial charge on any atom is 0.272 e. The van der Waals surface area contributed by atoms with Crippen molar-refractivity contribution in [2.45, 2.75) is 29.9 Å². The van der Waals surface area contributed by atoms with Crippen LogP contribution in [0.15, 0.2) is 149 Å². The average Bonchev–Trinajstić information content (AvgIpc) is 3.09. The molecule has 5 rings (SSSR count). The van der Waals surface area contributed by atoms with Crippen LogP contribution in [0.3, 0.4) is 0 Å². The summed E-state index contributed by atoms with van der Waals surface area (Å²) in [7, 11) is 0. The molecule has 0 radical (unpaired) electrons. The Kier molecular flexibility index (Phi) is 11.4. The molecule has 0 aliphatic heterocycles. The van der Waals surface area contributed by atoms with Crippen LogP contribution in [0.5, 0.6) is 0 Å². The molecule has 0 spiro atoms. The average molecular weight is 705 g/mol. The highest BCUT2D eigenvalue weighted by atomic mass is 79.9. The van der Waals surface area contributed by atoms with E-state index in [4.69, 9.17) is 0 Å². The van der Waals surface area contributed by atoms with Crippen molar-refractivity contribution in [2.24, 2.45) is 0 Å². The van der Waals surface area contributed by atoms with Crippen molar-refractivity contribution in [3.8, 4) is 0 Å². The summed E-state index contributed by atoms with van der Waals surface area (Å²) in [5, 5.41) is 8.19. The Hall–Kier alpha value is -4.92. The minimum Gasteiger partial charge on any atom is -0.325 e. The van der Waals surface area contributed by atoms with Gasteiger partial charge in [0.25, 0.3) is 11.8 Å². The molecule has 5 aromatic carbocycles. The Balaban J connectivity index is 1.37. The van der Waals surface area contributed by atoms with Crippen molar-refractivity contribution in [3.63, 3.8) is 0 Å². The van der Waals surface area contributed by atoms with E-state index in [1.165, 1.54) is 17.3 Å². The molecule has 0 aliphatic rings. The molecular formula is C39H34BrN3O3S. The second-order valence-corrected chi connectivity index (χ2v) is 13.2. The van der Waals surface area contributed by atoms with Gasteiger partial charge in [0.1, 0.15) is 10.9 Å². The molecule has 6 nitrogen and oxygen atoms in total. The number of hydrogen-bond acceptors (Lipinski definition) is 4. The summed E-state index contributed by atoms with van der Waals surface area (Å²) < 4.78 is 0.921. The maximum atomic E-state index is 13.7. The number of anilines is 2. The smallest absolute Gasteiger partial charge is 0.272 e. The Morgan fingerprint density at radius 2 is 1.34 bits per heavy atom. The molecule has 8 heteroatoms. The molecule has 5 aromatic rings. The highest BCUT2D eigenvalue weighted by Crippen LogP contribution is 2.37. The third-order valence-corrected chi connectivity index (χ3v) is 9.02. The number of amides is 3. The van der Waals surface area contributed by atoms with E-state index in [9.17, 15) is 14.4 Å². The molecule has 3 N–H and O–H groups in total. The van der Waals surface area contributed by atoms with Crippen molar-refractivity contribution in [1.82, 2.24) is 5.32 Å². The molecule has 236 valence electrons. The number of thioether (sulfide) groups is 1. The van der Waals surface area contributed by atoms with Crippen LogP contribution in [-0.4, -0.2) is 17.7 Å². The number of carbonyl (C=O) groups is 3. The van der Waals surface area contributed by atoms with Crippen molar-refractivity contribution in [2.75, 3.05) is 10.6 Å². The van der Waals surface area contributed by atoms with Gasteiger partial charge in [-0.3, -0.25) is 14.4 Å². The van der Waals surface area contributed by atoms with E-state index in [2.05, 4.69) is 45.7 Å². The van der Waals surface area contributed by atoms with Crippen molar-refractivity contribution >= 4 is 62.9 Å². The highest BCUT2D eigenvalue weighted by molar-refractivity contribution is 9.10. The Labute approximate surface area is 287 Å². The number of nitrogens with one attached hydrogen (secondary N) is 3. The summed E-state index contributed by atoms with van der Waals surface area (Å²) in [5.74, 6) is -0.670. The van der Waals surface area contributed by atoms with E-state index in [0.29, 0.717) is 22.9 Å². The minimum atomic E-state index is -0.555. The second kappa shape index (κ2) is 16.1. The first-order valence-electron chi connectivity index (χ1n) is 15.1. The van der Waals surface area contributed by atoms with Gasteiger partial charge >= 0.3 is 0 Å². The van der Waals surface area contributed by atoms with Crippen LogP contribution in [-0.2, 0) is 9.59 Å². The lowest BCUT2D eigenvalue weighted by Gasteiger charge is -2.18. The Bertz CT molecular complexity index is 1860. The molecule has 0 heterocycles. The zero-order chi connectivity index (χ0) is 33.2. The first kappa shape index (κ1) is 33.4. The molecular weight excluding hydrogens is 670 g/mol. The molecule has 0 saturated carbocycles. The van der Waals surface area contributed by atoms with E-state index < -0.39 is 17.1 Å². The zero-order valence-corrected chi connectivity index (χ0v) is 28.3. The van der Waals surface area contributed by atoms with E-state index in [1.807, 2.05) is 103 Å². The van der Waals surface area contributed by atoms with Gasteiger partial charge in [-0.2, -0.15) is 0 Å². The molecule has 0 aromatic heterocycles. The van der Waals surface area contributed by atoms with Gasteiger partial charge in [-0.25, -0.2) is 0 Å². The van der Waals surface area contributed by atoms with Gasteiger partial charge in [0.15, 0.2) is 0 Å². The normalized spacial score (nSPS) is 11.9. The van der Waals surface area contributed by atoms with Gasteiger partial charge in [0.05, 0.1) is 0 Å². The van der Waals surface area contributed by atoms with Crippen molar-refractivity contribution in [1.29, 1.82) is 0 Å². The number of halogens is 1. The highest BCUT2D eigenvalue weighted by Gasteiger charge is 2.23. The molecule has 1 atom stereocenters. The number of rotatable bonds is 11. The monoisotopic (exact) mass is 703 g/mol. The number of benzene rings is 5. The lowest BCUT2D eigenvalue weighted by Crippen LogP contribution is -2.30. The standard InChI is InChI=1S/C39H34BrN3O3S/c1-26(2)28-18-16-27(17-19-28)24-35(43-37(44)30-12-7-4-8-13-30)38(45)42-33-14-9-15-34(25-33)47-36(29-10-5-3-6-11-29)39(46)41-32-22-20-31(40)21-23-32/h3-26,36H,1-2H3,(H,41,46)(H,42,45)(H,43,44)/b35-24+. The quantitative estimate of drug-likeness (QED) is 0.0945. The predicted molar refractivity (Wildman–Crippen MR) is 195 cm³/mol. The van der Waals surface area contributed by atoms with Crippen molar-refractivity contribution < 1.29 is 14.4 Å². The SMILES string of the molecule is CC(C)c1ccc(/C=C(/NC(=O)c2ccccc2)C(=O)Nc2cccc(SC(C(=O)Nc3ccc(Br)cc3)c3ccccc3)c2)cc1. The fourth-order valence-electron chi connectivity index (χ4n) is 4.71. The number of carbonyl (C=O) groups excluding carboxylic acids is 3. The van der Waals surface area contributed by atoms with Gasteiger partial charge in [-0.1, -0.05) is 109 Å². The predicted octanol–water partition coefficient (Wildman–Crippen LogP) is 9.45. The lowest BCUT2D eigenvalue weighted by atomic mass is 10.0. The van der Waals surface area contributed by atoms with E-state index in [-0.39, 0.29) is 11.6 Å². The molecule has 0 bridgehead atoms. The fraction of sp³-hybridized carbons (Fsp3) is 0.103. The van der Waals surface area contributed by atoms with Gasteiger partial charge < -0.3 is 16.0 Å². The minimum absolute atomic E-state index is 0.102. The Morgan fingerprint density at radius 3 is 2.00 bits per heavy atom. The number of hydrogen-bond donors (Lipinski definition) is 3. The van der Waals surface area contributed by atoms with Gasteiger partial charge in [-0.15, -0.1) is 11.8 Å². The van der Waals surface area contributed by atoms with Crippen LogP contribution in [0.2, 0.25) is 0 Å². The third-order valence-electron chi connectivity index (χ3n) is 7.24. The van der Waals surface area contributed by atoms with Gasteiger partial charge in [0, 0.05) is 26.3 Å². The first-order chi connectivity index (χ1) is 22.7. The second-order valence-electron chi connectivity index (χ2n) is 11.1. The topological polar surface area (TPSA) is 87.3 Å². The van der Waals surface area contributed by atoms with Crippen molar-refractivity contribution in [3.05, 3.63) is 166 Å². The van der Waals surface area contributed by atoms with E-state index in [1.54, 1.807) is 36.4 Å². The van der Waals surface area contributed by atoms with Crippen LogP contribution in [0.4, 0.5) is 11.4 Å². The Morgan fingerprint density at radius 1 is 0.681 bits per heavy atom. The largest absolute Gasteiger partial charge is 0.325 e. The molecule has 0 saturated heterocycles. The van der Waals surface area contributed by atoms with Gasteiger partial charge in [-0.05, 0) is 83.3 Å². The van der Waals surface area contributed by atoms with Crippen LogP contribution >= 0.6 is 27.7 Å². The molecule has 1 unspecified atom stereocenters. The van der Waals surface area contributed by atoms with E-state index >= 15 is 0 Å². The summed E-state index contributed by atoms with van der Waals surface area (Å²) in [4.78, 5) is 41.1. The summed E-state index contributed by atoms with van der Waals surface area (Å²) in [6.07, 6.45) is 1.66. The molecule has 0 fully saturated rings. The summed E-state index contributed by atoms with van der Waals surface area (Å²) in [6.45, 7) is 4.24. The van der Waals surface area contributed by atoms with Crippen LogP contribution in [0.1, 0.15) is 52.1 Å². The summed E-state index contributed by atoms with van der Waals surface area (Å²) >= 11 is 4.81. The molecule has 3 amide bonds. The zero-order valence-electron chi connectivity index (χ0n) is 25.9. The molecule has 0 aliphatic carbocycles. The van der Waals surface area contributed by atoms with E-state index in [0.717, 1.165) is 20.5 Å². The summed E-state index contributed by atoms with van der Waals surface area (Å²) in [6, 6.07) is 40.9. The van der Waals surface area contributed by atoms with Crippen LogP contribution < -0.4 is 16.0 Å². The fourth-order valence-corrected chi connectivity index (χ4v) is 6.06.